The van der Waals surface area contributed by atoms with E-state index >= 15 is 0 Å². The second-order valence-corrected chi connectivity index (χ2v) is 5.26. The first-order valence-corrected chi connectivity index (χ1v) is 7.24. The third-order valence-electron chi connectivity index (χ3n) is 3.03. The number of aromatic nitrogens is 2. The Morgan fingerprint density at radius 2 is 2.05 bits per heavy atom. The maximum atomic E-state index is 12.1. The lowest BCUT2D eigenvalue weighted by molar-refractivity contribution is -0.122. The van der Waals surface area contributed by atoms with Crippen molar-refractivity contribution in [3.63, 3.8) is 0 Å². The van der Waals surface area contributed by atoms with Gasteiger partial charge in [0.25, 0.3) is 0 Å². The summed E-state index contributed by atoms with van der Waals surface area (Å²) >= 11 is 0. The number of carbonyl (C=O) groups is 2. The zero-order chi connectivity index (χ0) is 16.0. The minimum Gasteiger partial charge on any atom is -0.357 e. The van der Waals surface area contributed by atoms with Gasteiger partial charge >= 0.3 is 6.03 Å². The van der Waals surface area contributed by atoms with E-state index in [4.69, 9.17) is 0 Å². The Morgan fingerprint density at radius 1 is 1.38 bits per heavy atom. The molecule has 7 heteroatoms. The van der Waals surface area contributed by atoms with Gasteiger partial charge in [0.05, 0.1) is 5.69 Å². The first kappa shape index (κ1) is 17.0. The molecule has 21 heavy (non-hydrogen) atoms. The van der Waals surface area contributed by atoms with E-state index < -0.39 is 12.1 Å². The van der Waals surface area contributed by atoms with Crippen LogP contribution in [-0.4, -0.2) is 34.8 Å². The Kier molecular flexibility index (Phi) is 6.20. The first-order valence-electron chi connectivity index (χ1n) is 7.24. The van der Waals surface area contributed by atoms with Crippen molar-refractivity contribution >= 4 is 17.8 Å². The molecule has 3 N–H and O–H groups in total. The lowest BCUT2D eigenvalue weighted by Crippen LogP contribution is -2.47. The van der Waals surface area contributed by atoms with Crippen molar-refractivity contribution in [2.75, 3.05) is 12.4 Å². The first-order chi connectivity index (χ1) is 9.88. The largest absolute Gasteiger partial charge is 0.357 e. The van der Waals surface area contributed by atoms with Crippen LogP contribution in [-0.2, 0) is 4.79 Å². The summed E-state index contributed by atoms with van der Waals surface area (Å²) < 4.78 is 1.74. The van der Waals surface area contributed by atoms with Gasteiger partial charge in [-0.2, -0.15) is 5.10 Å². The van der Waals surface area contributed by atoms with Crippen LogP contribution in [0.1, 0.15) is 45.3 Å². The number of hydrogen-bond donors (Lipinski definition) is 3. The summed E-state index contributed by atoms with van der Waals surface area (Å²) in [5, 5.41) is 12.3. The Hall–Kier alpha value is -2.05. The van der Waals surface area contributed by atoms with Crippen molar-refractivity contribution in [3.05, 3.63) is 11.8 Å². The monoisotopic (exact) mass is 295 g/mol. The van der Waals surface area contributed by atoms with Crippen molar-refractivity contribution in [1.29, 1.82) is 0 Å². The van der Waals surface area contributed by atoms with Crippen LogP contribution in [0.5, 0.6) is 0 Å². The van der Waals surface area contributed by atoms with E-state index in [0.717, 1.165) is 12.1 Å². The zero-order valence-electron chi connectivity index (χ0n) is 13.4. The molecule has 1 heterocycles. The summed E-state index contributed by atoms with van der Waals surface area (Å²) in [7, 11) is 1.56. The Balaban J connectivity index is 2.74. The van der Waals surface area contributed by atoms with Gasteiger partial charge in [-0.3, -0.25) is 10.1 Å². The van der Waals surface area contributed by atoms with E-state index in [2.05, 4.69) is 21.0 Å². The van der Waals surface area contributed by atoms with E-state index in [0.29, 0.717) is 12.2 Å². The van der Waals surface area contributed by atoms with Crippen molar-refractivity contribution in [1.82, 2.24) is 20.4 Å². The molecule has 1 unspecified atom stereocenters. The van der Waals surface area contributed by atoms with Crippen LogP contribution >= 0.6 is 0 Å². The van der Waals surface area contributed by atoms with E-state index in [1.54, 1.807) is 17.8 Å². The molecule has 1 atom stereocenters. The maximum absolute atomic E-state index is 12.1. The van der Waals surface area contributed by atoms with E-state index in [1.165, 1.54) is 0 Å². The van der Waals surface area contributed by atoms with Gasteiger partial charge in [0.15, 0.2) is 0 Å². The lowest BCUT2D eigenvalue weighted by atomic mass is 10.1. The molecule has 0 radical (unpaired) electrons. The highest BCUT2D eigenvalue weighted by Crippen LogP contribution is 2.15. The van der Waals surface area contributed by atoms with E-state index in [9.17, 15) is 9.59 Å². The van der Waals surface area contributed by atoms with Crippen LogP contribution in [0.15, 0.2) is 6.07 Å². The van der Waals surface area contributed by atoms with E-state index in [-0.39, 0.29) is 11.9 Å². The summed E-state index contributed by atoms with van der Waals surface area (Å²) in [4.78, 5) is 23.8. The van der Waals surface area contributed by atoms with Crippen LogP contribution in [0.4, 0.5) is 10.6 Å². The van der Waals surface area contributed by atoms with Crippen LogP contribution in [0.3, 0.4) is 0 Å². The smallest absolute Gasteiger partial charge is 0.321 e. The van der Waals surface area contributed by atoms with Crippen LogP contribution < -0.4 is 16.0 Å². The minimum atomic E-state index is -0.531. The van der Waals surface area contributed by atoms with Gasteiger partial charge in [-0.15, -0.1) is 0 Å². The molecule has 7 nitrogen and oxygen atoms in total. The minimum absolute atomic E-state index is 0.138. The van der Waals surface area contributed by atoms with Gasteiger partial charge < -0.3 is 10.6 Å². The van der Waals surface area contributed by atoms with Gasteiger partial charge in [0, 0.05) is 19.2 Å². The highest BCUT2D eigenvalue weighted by Gasteiger charge is 2.19. The summed E-state index contributed by atoms with van der Waals surface area (Å²) in [6.07, 6.45) is 1.40. The molecule has 0 spiro atoms. The van der Waals surface area contributed by atoms with Crippen LogP contribution in [0.25, 0.3) is 0 Å². The summed E-state index contributed by atoms with van der Waals surface area (Å²) in [5.74, 6) is 0.424. The molecule has 118 valence electrons. The Bertz CT molecular complexity index is 496. The number of hydrogen-bond acceptors (Lipinski definition) is 3. The fourth-order valence-corrected chi connectivity index (χ4v) is 2.05. The normalized spacial score (nSPS) is 12.1. The molecule has 0 bridgehead atoms. The van der Waals surface area contributed by atoms with Crippen molar-refractivity contribution in [2.45, 2.75) is 52.6 Å². The molecule has 1 aromatic rings. The average Bonchev–Trinajstić information content (AvgIpc) is 2.78. The number of urea groups is 1. The molecular weight excluding hydrogens is 270 g/mol. The van der Waals surface area contributed by atoms with Crippen LogP contribution in [0, 0.1) is 6.92 Å². The maximum Gasteiger partial charge on any atom is 0.321 e. The molecule has 0 aliphatic heterocycles. The summed E-state index contributed by atoms with van der Waals surface area (Å²) in [5.41, 5.74) is 0.829. The number of carbonyl (C=O) groups excluding carboxylic acids is 2. The second kappa shape index (κ2) is 7.66. The number of rotatable bonds is 6. The van der Waals surface area contributed by atoms with Gasteiger partial charge in [-0.05, 0) is 27.2 Å². The number of aryl methyl sites for hydroxylation is 1. The molecule has 0 fully saturated rings. The van der Waals surface area contributed by atoms with Crippen LogP contribution in [0.2, 0.25) is 0 Å². The second-order valence-electron chi connectivity index (χ2n) is 5.26. The fourth-order valence-electron chi connectivity index (χ4n) is 2.05. The number of amides is 3. The predicted octanol–water partition coefficient (Wildman–Crippen LogP) is 1.81. The Morgan fingerprint density at radius 3 is 2.57 bits per heavy atom. The molecule has 0 saturated heterocycles. The molecule has 0 saturated carbocycles. The Labute approximate surface area is 125 Å². The quantitative estimate of drug-likeness (QED) is 0.748. The fraction of sp³-hybridized carbons (Fsp3) is 0.643. The summed E-state index contributed by atoms with van der Waals surface area (Å²) in [6, 6.07) is 1.00. The molecule has 0 aliphatic rings. The number of nitrogens with zero attached hydrogens (tertiary/aromatic N) is 2. The van der Waals surface area contributed by atoms with Crippen molar-refractivity contribution in [2.24, 2.45) is 0 Å². The molecule has 1 aromatic heterocycles. The van der Waals surface area contributed by atoms with Crippen molar-refractivity contribution < 1.29 is 9.59 Å². The SMILES string of the molecule is CCCC(NC(=O)Nc1cc(C)nn1C(C)C)C(=O)NC. The lowest BCUT2D eigenvalue weighted by Gasteiger charge is -2.18. The number of likely N-dealkylation sites (N-methyl/N-ethyl adjacent to an activating group) is 1. The van der Waals surface area contributed by atoms with Gasteiger partial charge in [0.1, 0.15) is 11.9 Å². The number of anilines is 1. The third-order valence-corrected chi connectivity index (χ3v) is 3.03. The highest BCUT2D eigenvalue weighted by atomic mass is 16.2. The van der Waals surface area contributed by atoms with E-state index in [1.807, 2.05) is 27.7 Å². The predicted molar refractivity (Wildman–Crippen MR) is 82.3 cm³/mol. The third kappa shape index (κ3) is 4.77. The zero-order valence-corrected chi connectivity index (χ0v) is 13.4. The molecule has 1 rings (SSSR count). The van der Waals surface area contributed by atoms with Crippen molar-refractivity contribution in [3.8, 4) is 0 Å². The van der Waals surface area contributed by atoms with Gasteiger partial charge in [-0.25, -0.2) is 9.48 Å². The molecule has 3 amide bonds. The molecule has 0 aliphatic carbocycles. The number of nitrogens with one attached hydrogen (secondary N) is 3. The standard InChI is InChI=1S/C14H25N5O2/c1-6-7-11(13(20)15-5)16-14(21)17-12-8-10(4)18-19(12)9(2)3/h8-9,11H,6-7H2,1-5H3,(H,15,20)(H2,16,17,21). The highest BCUT2D eigenvalue weighted by molar-refractivity contribution is 5.93. The molecular formula is C14H25N5O2. The van der Waals surface area contributed by atoms with Gasteiger partial charge in [-0.1, -0.05) is 13.3 Å². The summed E-state index contributed by atoms with van der Waals surface area (Å²) in [6.45, 7) is 7.80. The van der Waals surface area contributed by atoms with Gasteiger partial charge in [0.2, 0.25) is 5.91 Å². The molecule has 0 aromatic carbocycles. The topological polar surface area (TPSA) is 88.1 Å². The average molecular weight is 295 g/mol.